The van der Waals surface area contributed by atoms with Crippen molar-refractivity contribution in [2.24, 2.45) is 5.92 Å². The summed E-state index contributed by atoms with van der Waals surface area (Å²) in [4.78, 5) is 31.4. The predicted octanol–water partition coefficient (Wildman–Crippen LogP) is 6.95. The third-order valence-corrected chi connectivity index (χ3v) is 7.49. The molecule has 4 aromatic rings. The van der Waals surface area contributed by atoms with Gasteiger partial charge in [0, 0.05) is 41.4 Å². The minimum Gasteiger partial charge on any atom is -0.497 e. The van der Waals surface area contributed by atoms with Crippen LogP contribution in [-0.4, -0.2) is 44.0 Å². The van der Waals surface area contributed by atoms with Gasteiger partial charge in [-0.1, -0.05) is 61.9 Å². The second kappa shape index (κ2) is 12.1. The third-order valence-electron chi connectivity index (χ3n) is 7.49. The molecule has 0 atom stereocenters. The molecular formula is C33H34N2O4. The van der Waals surface area contributed by atoms with Gasteiger partial charge in [-0.2, -0.15) is 0 Å². The summed E-state index contributed by atoms with van der Waals surface area (Å²) in [6.45, 7) is 4.16. The Balaban J connectivity index is 1.44. The molecule has 0 amide bonds. The SMILES string of the molecule is CCCCOC(=O)C1CCN(c2cc(-c3ccc(-c4ccccc4C=O)cc3)nc3cc(OC)ccc23)CC1. The maximum atomic E-state index is 12.5. The molecule has 2 heterocycles. The van der Waals surface area contributed by atoms with E-state index >= 15 is 0 Å². The number of methoxy groups -OCH3 is 1. The number of benzene rings is 3. The van der Waals surface area contributed by atoms with Gasteiger partial charge in [0.15, 0.2) is 6.29 Å². The monoisotopic (exact) mass is 522 g/mol. The summed E-state index contributed by atoms with van der Waals surface area (Å²) in [5.74, 6) is 0.643. The summed E-state index contributed by atoms with van der Waals surface area (Å²) in [6, 6.07) is 23.9. The average molecular weight is 523 g/mol. The van der Waals surface area contributed by atoms with Crippen LogP contribution < -0.4 is 9.64 Å². The summed E-state index contributed by atoms with van der Waals surface area (Å²) in [5.41, 5.74) is 6.37. The number of aromatic nitrogens is 1. The fraction of sp³-hybridized carbons (Fsp3) is 0.303. The minimum absolute atomic E-state index is 0.0486. The molecule has 1 aliphatic rings. The molecule has 0 saturated carbocycles. The summed E-state index contributed by atoms with van der Waals surface area (Å²) in [5, 5.41) is 1.06. The van der Waals surface area contributed by atoms with Gasteiger partial charge in [-0.25, -0.2) is 4.98 Å². The molecule has 6 heteroatoms. The van der Waals surface area contributed by atoms with Gasteiger partial charge in [0.2, 0.25) is 0 Å². The maximum absolute atomic E-state index is 12.5. The quantitative estimate of drug-likeness (QED) is 0.135. The fourth-order valence-corrected chi connectivity index (χ4v) is 5.20. The highest BCUT2D eigenvalue weighted by atomic mass is 16.5. The van der Waals surface area contributed by atoms with Crippen LogP contribution in [0.25, 0.3) is 33.3 Å². The maximum Gasteiger partial charge on any atom is 0.309 e. The van der Waals surface area contributed by atoms with E-state index in [2.05, 4.69) is 24.0 Å². The van der Waals surface area contributed by atoms with E-state index in [4.69, 9.17) is 14.5 Å². The second-order valence-electron chi connectivity index (χ2n) is 9.97. The molecule has 1 saturated heterocycles. The van der Waals surface area contributed by atoms with Gasteiger partial charge in [0.25, 0.3) is 0 Å². The van der Waals surface area contributed by atoms with Gasteiger partial charge in [0.05, 0.1) is 30.8 Å². The van der Waals surface area contributed by atoms with Gasteiger partial charge in [-0.05, 0) is 48.6 Å². The molecule has 39 heavy (non-hydrogen) atoms. The van der Waals surface area contributed by atoms with Crippen molar-refractivity contribution in [2.45, 2.75) is 32.6 Å². The Morgan fingerprint density at radius 2 is 1.74 bits per heavy atom. The van der Waals surface area contributed by atoms with E-state index in [1.165, 1.54) is 0 Å². The van der Waals surface area contributed by atoms with Crippen LogP contribution in [0, 0.1) is 5.92 Å². The summed E-state index contributed by atoms with van der Waals surface area (Å²) in [6.07, 6.45) is 4.35. The van der Waals surface area contributed by atoms with Crippen LogP contribution in [0.1, 0.15) is 43.0 Å². The number of hydrogen-bond acceptors (Lipinski definition) is 6. The van der Waals surface area contributed by atoms with Crippen molar-refractivity contribution in [1.29, 1.82) is 0 Å². The Kier molecular flexibility index (Phi) is 8.21. The zero-order valence-corrected chi connectivity index (χ0v) is 22.6. The van der Waals surface area contributed by atoms with E-state index in [1.54, 1.807) is 7.11 Å². The van der Waals surface area contributed by atoms with Gasteiger partial charge in [-0.3, -0.25) is 9.59 Å². The van der Waals surface area contributed by atoms with E-state index in [-0.39, 0.29) is 11.9 Å². The number of fused-ring (bicyclic) bond motifs is 1. The van der Waals surface area contributed by atoms with Gasteiger partial charge in [-0.15, -0.1) is 0 Å². The smallest absolute Gasteiger partial charge is 0.309 e. The first-order chi connectivity index (χ1) is 19.1. The number of nitrogens with zero attached hydrogens (tertiary/aromatic N) is 2. The Bertz CT molecular complexity index is 1460. The normalized spacial score (nSPS) is 13.8. The van der Waals surface area contributed by atoms with Crippen LogP contribution in [0.3, 0.4) is 0 Å². The average Bonchev–Trinajstić information content (AvgIpc) is 3.00. The molecule has 1 aromatic heterocycles. The molecule has 1 aliphatic heterocycles. The molecule has 0 unspecified atom stereocenters. The number of piperidine rings is 1. The third kappa shape index (κ3) is 5.80. The fourth-order valence-electron chi connectivity index (χ4n) is 5.20. The number of anilines is 1. The summed E-state index contributed by atoms with van der Waals surface area (Å²) < 4.78 is 11.0. The lowest BCUT2D eigenvalue weighted by Gasteiger charge is -2.33. The molecule has 5 rings (SSSR count). The van der Waals surface area contributed by atoms with Crippen LogP contribution in [-0.2, 0) is 9.53 Å². The highest BCUT2D eigenvalue weighted by Gasteiger charge is 2.27. The van der Waals surface area contributed by atoms with Crippen molar-refractivity contribution in [3.05, 3.63) is 78.4 Å². The second-order valence-corrected chi connectivity index (χ2v) is 9.97. The molecule has 200 valence electrons. The van der Waals surface area contributed by atoms with E-state index in [0.29, 0.717) is 12.2 Å². The number of rotatable bonds is 9. The lowest BCUT2D eigenvalue weighted by molar-refractivity contribution is -0.149. The number of carbonyl (C=O) groups excluding carboxylic acids is 2. The topological polar surface area (TPSA) is 68.7 Å². The number of unbranched alkanes of at least 4 members (excludes halogenated alkanes) is 1. The van der Waals surface area contributed by atoms with Crippen LogP contribution in [0.2, 0.25) is 0 Å². The van der Waals surface area contributed by atoms with E-state index < -0.39 is 0 Å². The first kappa shape index (κ1) is 26.4. The zero-order valence-electron chi connectivity index (χ0n) is 22.6. The Morgan fingerprint density at radius 3 is 2.46 bits per heavy atom. The van der Waals surface area contributed by atoms with Crippen molar-refractivity contribution in [1.82, 2.24) is 4.98 Å². The molecule has 0 N–H and O–H groups in total. The largest absolute Gasteiger partial charge is 0.497 e. The summed E-state index contributed by atoms with van der Waals surface area (Å²) >= 11 is 0. The highest BCUT2D eigenvalue weighted by Crippen LogP contribution is 2.36. The standard InChI is InChI=1S/C33H34N2O4/c1-3-4-19-39-33(37)25-15-17-35(18-16-25)32-21-30(34-31-20-27(38-2)13-14-29(31)32)24-11-9-23(10-12-24)28-8-6-5-7-26(28)22-36/h5-14,20-22,25H,3-4,15-19H2,1-2H3. The van der Waals surface area contributed by atoms with Crippen molar-refractivity contribution in [2.75, 3.05) is 31.7 Å². The first-order valence-corrected chi connectivity index (χ1v) is 13.7. The van der Waals surface area contributed by atoms with Crippen molar-refractivity contribution >= 4 is 28.8 Å². The lowest BCUT2D eigenvalue weighted by Crippen LogP contribution is -2.37. The highest BCUT2D eigenvalue weighted by molar-refractivity contribution is 5.95. The Labute approximate surface area is 229 Å². The van der Waals surface area contributed by atoms with E-state index in [9.17, 15) is 9.59 Å². The molecule has 0 spiro atoms. The van der Waals surface area contributed by atoms with Crippen LogP contribution in [0.4, 0.5) is 5.69 Å². The van der Waals surface area contributed by atoms with Crippen molar-refractivity contribution in [3.8, 4) is 28.1 Å². The van der Waals surface area contributed by atoms with Crippen LogP contribution in [0.5, 0.6) is 5.75 Å². The Morgan fingerprint density at radius 1 is 1.00 bits per heavy atom. The number of carbonyl (C=O) groups is 2. The first-order valence-electron chi connectivity index (χ1n) is 13.7. The molecular weight excluding hydrogens is 488 g/mol. The molecule has 1 fully saturated rings. The van der Waals surface area contributed by atoms with E-state index in [1.807, 2.05) is 60.7 Å². The van der Waals surface area contributed by atoms with Crippen LogP contribution >= 0.6 is 0 Å². The van der Waals surface area contributed by atoms with Gasteiger partial charge < -0.3 is 14.4 Å². The van der Waals surface area contributed by atoms with Crippen LogP contribution in [0.15, 0.2) is 72.8 Å². The summed E-state index contributed by atoms with van der Waals surface area (Å²) in [7, 11) is 1.66. The van der Waals surface area contributed by atoms with Crippen molar-refractivity contribution in [3.63, 3.8) is 0 Å². The zero-order chi connectivity index (χ0) is 27.2. The number of pyridine rings is 1. The van der Waals surface area contributed by atoms with E-state index in [0.717, 1.165) is 89.8 Å². The van der Waals surface area contributed by atoms with Crippen molar-refractivity contribution < 1.29 is 19.1 Å². The number of ether oxygens (including phenoxy) is 2. The van der Waals surface area contributed by atoms with Gasteiger partial charge >= 0.3 is 5.97 Å². The molecule has 0 radical (unpaired) electrons. The minimum atomic E-state index is -0.0654. The van der Waals surface area contributed by atoms with Gasteiger partial charge in [0.1, 0.15) is 5.75 Å². The molecule has 0 bridgehead atoms. The predicted molar refractivity (Wildman–Crippen MR) is 155 cm³/mol. The lowest BCUT2D eigenvalue weighted by atomic mass is 9.95. The molecule has 6 nitrogen and oxygen atoms in total. The molecule has 3 aromatic carbocycles. The number of esters is 1. The number of aldehydes is 1. The number of hydrogen-bond donors (Lipinski definition) is 0. The molecule has 0 aliphatic carbocycles. The Hall–Kier alpha value is -4.19.